The highest BCUT2D eigenvalue weighted by Gasteiger charge is 2.35. The Bertz CT molecular complexity index is 1710. The number of aryl methyl sites for hydroxylation is 3. The highest BCUT2D eigenvalue weighted by molar-refractivity contribution is 7.92. The summed E-state index contributed by atoms with van der Waals surface area (Å²) in [5.74, 6) is -0.753. The average molecular weight is 626 g/mol. The molecule has 7 nitrogen and oxygen atoms in total. The van der Waals surface area contributed by atoms with E-state index >= 15 is 0 Å². The van der Waals surface area contributed by atoms with Crippen LogP contribution in [0.15, 0.2) is 108 Å². The number of carbonyl (C=O) groups excluding carboxylic acids is 2. The van der Waals surface area contributed by atoms with Crippen LogP contribution in [0.25, 0.3) is 0 Å². The highest BCUT2D eigenvalue weighted by atomic mass is 32.2. The van der Waals surface area contributed by atoms with Crippen LogP contribution in [0.3, 0.4) is 0 Å². The van der Waals surface area contributed by atoms with E-state index in [0.29, 0.717) is 5.69 Å². The third-order valence-electron chi connectivity index (χ3n) is 8.11. The summed E-state index contributed by atoms with van der Waals surface area (Å²) in [6, 6.07) is 29.9. The number of nitrogens with one attached hydrogen (secondary N) is 1. The largest absolute Gasteiger partial charge is 0.352 e. The number of hydrogen-bond acceptors (Lipinski definition) is 4. The number of hydrogen-bond donors (Lipinski definition) is 1. The minimum absolute atomic E-state index is 0.0820. The van der Waals surface area contributed by atoms with Crippen LogP contribution in [0.4, 0.5) is 5.69 Å². The van der Waals surface area contributed by atoms with Crippen molar-refractivity contribution in [1.29, 1.82) is 0 Å². The van der Waals surface area contributed by atoms with Gasteiger partial charge in [0.2, 0.25) is 11.8 Å². The predicted molar refractivity (Wildman–Crippen MR) is 180 cm³/mol. The topological polar surface area (TPSA) is 86.8 Å². The molecule has 0 aliphatic rings. The quantitative estimate of drug-likeness (QED) is 0.187. The molecule has 0 saturated heterocycles. The molecule has 0 aliphatic carbocycles. The number of carbonyl (C=O) groups is 2. The Balaban J connectivity index is 1.83. The van der Waals surface area contributed by atoms with Crippen molar-refractivity contribution in [1.82, 2.24) is 10.2 Å². The predicted octanol–water partition coefficient (Wildman–Crippen LogP) is 6.36. The number of amides is 2. The molecule has 4 aromatic carbocycles. The first-order valence-electron chi connectivity index (χ1n) is 15.3. The molecule has 0 bridgehead atoms. The van der Waals surface area contributed by atoms with Crippen molar-refractivity contribution >= 4 is 27.5 Å². The van der Waals surface area contributed by atoms with E-state index in [1.54, 1.807) is 29.2 Å². The van der Waals surface area contributed by atoms with Crippen molar-refractivity contribution in [2.75, 3.05) is 10.8 Å². The Kier molecular flexibility index (Phi) is 11.2. The summed E-state index contributed by atoms with van der Waals surface area (Å²) in [5.41, 5.74) is 4.86. The smallest absolute Gasteiger partial charge is 0.264 e. The number of anilines is 1. The normalized spacial score (nSPS) is 12.6. The van der Waals surface area contributed by atoms with Crippen LogP contribution in [0, 0.1) is 20.8 Å². The summed E-state index contributed by atoms with van der Waals surface area (Å²) < 4.78 is 29.6. The molecule has 236 valence electrons. The third kappa shape index (κ3) is 8.39. The first kappa shape index (κ1) is 33.5. The molecular weight excluding hydrogens is 582 g/mol. The Morgan fingerprint density at radius 1 is 0.800 bits per heavy atom. The lowest BCUT2D eigenvalue weighted by molar-refractivity contribution is -0.140. The maximum atomic E-state index is 14.6. The third-order valence-corrected chi connectivity index (χ3v) is 9.88. The maximum Gasteiger partial charge on any atom is 0.264 e. The first-order chi connectivity index (χ1) is 21.5. The van der Waals surface area contributed by atoms with E-state index in [0.717, 1.165) is 34.2 Å². The molecule has 0 radical (unpaired) electrons. The van der Waals surface area contributed by atoms with E-state index in [1.807, 2.05) is 101 Å². The lowest BCUT2D eigenvalue weighted by Crippen LogP contribution is -2.54. The fourth-order valence-electron chi connectivity index (χ4n) is 5.28. The van der Waals surface area contributed by atoms with Gasteiger partial charge >= 0.3 is 0 Å². The summed E-state index contributed by atoms with van der Waals surface area (Å²) in [5, 5.41) is 3.08. The van der Waals surface area contributed by atoms with Gasteiger partial charge in [-0.15, -0.1) is 0 Å². The summed E-state index contributed by atoms with van der Waals surface area (Å²) in [4.78, 5) is 30.2. The van der Waals surface area contributed by atoms with Crippen LogP contribution >= 0.6 is 0 Å². The van der Waals surface area contributed by atoms with E-state index < -0.39 is 28.5 Å². The molecular formula is C37H43N3O4S. The van der Waals surface area contributed by atoms with Crippen molar-refractivity contribution in [2.24, 2.45) is 0 Å². The van der Waals surface area contributed by atoms with E-state index in [9.17, 15) is 18.0 Å². The highest BCUT2D eigenvalue weighted by Crippen LogP contribution is 2.28. The number of benzene rings is 4. The van der Waals surface area contributed by atoms with Crippen LogP contribution in [0.2, 0.25) is 0 Å². The Labute approximate surface area is 268 Å². The van der Waals surface area contributed by atoms with Gasteiger partial charge in [-0.3, -0.25) is 13.9 Å². The minimum Gasteiger partial charge on any atom is -0.352 e. The fraction of sp³-hybridized carbons (Fsp3) is 0.297. The van der Waals surface area contributed by atoms with Gasteiger partial charge in [0.1, 0.15) is 12.6 Å². The molecule has 2 unspecified atom stereocenters. The molecule has 4 rings (SSSR count). The van der Waals surface area contributed by atoms with Crippen molar-refractivity contribution in [3.8, 4) is 0 Å². The molecule has 0 heterocycles. The number of sulfonamides is 1. The van der Waals surface area contributed by atoms with Gasteiger partial charge in [-0.05, 0) is 74.6 Å². The molecule has 0 aliphatic heterocycles. The van der Waals surface area contributed by atoms with Gasteiger partial charge in [0.15, 0.2) is 0 Å². The Morgan fingerprint density at radius 2 is 1.42 bits per heavy atom. The van der Waals surface area contributed by atoms with Crippen LogP contribution in [0.5, 0.6) is 0 Å². The van der Waals surface area contributed by atoms with Crippen molar-refractivity contribution in [2.45, 2.75) is 71.0 Å². The Morgan fingerprint density at radius 3 is 2.04 bits per heavy atom. The van der Waals surface area contributed by atoms with Gasteiger partial charge in [0, 0.05) is 19.0 Å². The second kappa shape index (κ2) is 15.0. The monoisotopic (exact) mass is 625 g/mol. The molecule has 0 spiro atoms. The maximum absolute atomic E-state index is 14.6. The first-order valence-corrected chi connectivity index (χ1v) is 16.8. The minimum atomic E-state index is -4.14. The van der Waals surface area contributed by atoms with Crippen LogP contribution in [-0.4, -0.2) is 43.8 Å². The van der Waals surface area contributed by atoms with Gasteiger partial charge < -0.3 is 10.2 Å². The van der Waals surface area contributed by atoms with Gasteiger partial charge in [0.25, 0.3) is 10.0 Å². The molecule has 2 atom stereocenters. The van der Waals surface area contributed by atoms with Crippen molar-refractivity contribution in [3.05, 3.63) is 131 Å². The van der Waals surface area contributed by atoms with Gasteiger partial charge in [-0.2, -0.15) is 0 Å². The summed E-state index contributed by atoms with van der Waals surface area (Å²) in [7, 11) is -4.14. The molecule has 8 heteroatoms. The van der Waals surface area contributed by atoms with Gasteiger partial charge in [-0.1, -0.05) is 97.4 Å². The van der Waals surface area contributed by atoms with E-state index in [4.69, 9.17) is 0 Å². The molecule has 4 aromatic rings. The summed E-state index contributed by atoms with van der Waals surface area (Å²) in [6.45, 7) is 9.32. The second-order valence-corrected chi connectivity index (χ2v) is 13.4. The van der Waals surface area contributed by atoms with Crippen LogP contribution in [0.1, 0.15) is 48.1 Å². The summed E-state index contributed by atoms with van der Waals surface area (Å²) in [6.07, 6.45) is 1.00. The fourth-order valence-corrected chi connectivity index (χ4v) is 6.78. The molecule has 0 aromatic heterocycles. The molecule has 1 N–H and O–H groups in total. The molecule has 45 heavy (non-hydrogen) atoms. The lowest BCUT2D eigenvalue weighted by Gasteiger charge is -2.35. The number of rotatable bonds is 13. The van der Waals surface area contributed by atoms with E-state index in [1.165, 1.54) is 16.4 Å². The van der Waals surface area contributed by atoms with Gasteiger partial charge in [-0.25, -0.2) is 8.42 Å². The van der Waals surface area contributed by atoms with E-state index in [-0.39, 0.29) is 29.8 Å². The zero-order valence-electron chi connectivity index (χ0n) is 26.7. The van der Waals surface area contributed by atoms with Crippen LogP contribution in [-0.2, 0) is 32.6 Å². The molecule has 0 fully saturated rings. The molecule has 2 amide bonds. The average Bonchev–Trinajstić information content (AvgIpc) is 3.03. The van der Waals surface area contributed by atoms with Crippen LogP contribution < -0.4 is 9.62 Å². The SMILES string of the molecule is CCC(C)NC(=O)C(Cc1ccccc1)N(Cc1ccccc1C)C(=O)CN(c1ccc(C)cc1C)S(=O)(=O)c1ccccc1. The van der Waals surface area contributed by atoms with Crippen molar-refractivity contribution < 1.29 is 18.0 Å². The summed E-state index contributed by atoms with van der Waals surface area (Å²) >= 11 is 0. The zero-order valence-corrected chi connectivity index (χ0v) is 27.6. The van der Waals surface area contributed by atoms with E-state index in [2.05, 4.69) is 5.32 Å². The number of nitrogens with zero attached hydrogens (tertiary/aromatic N) is 2. The van der Waals surface area contributed by atoms with Gasteiger partial charge in [0.05, 0.1) is 10.6 Å². The Hall–Kier alpha value is -4.43. The zero-order chi connectivity index (χ0) is 32.6. The second-order valence-electron chi connectivity index (χ2n) is 11.6. The standard InChI is InChI=1S/C37H43N3O4S/c1-6-30(5)38-37(42)35(24-31-16-9-7-10-17-31)39(25-32-18-14-13-15-28(32)3)36(41)26-40(34-22-21-27(2)23-29(34)4)45(43,44)33-19-11-8-12-20-33/h7-23,30,35H,6,24-26H2,1-5H3,(H,38,42). The lowest BCUT2D eigenvalue weighted by atomic mass is 10.0. The van der Waals surface area contributed by atoms with Crippen molar-refractivity contribution in [3.63, 3.8) is 0 Å². The molecule has 0 saturated carbocycles.